The Morgan fingerprint density at radius 2 is 2.17 bits per heavy atom. The topological polar surface area (TPSA) is 77.7 Å². The van der Waals surface area contributed by atoms with Gasteiger partial charge < -0.3 is 18.9 Å². The molecular weight excluding hydrogens is 402 g/mol. The first-order valence-electron chi connectivity index (χ1n) is 10.1. The Morgan fingerprint density at radius 3 is 2.87 bits per heavy atom. The second-order valence-electron chi connectivity index (χ2n) is 7.23. The first-order chi connectivity index (χ1) is 14.7. The van der Waals surface area contributed by atoms with E-state index in [1.807, 2.05) is 40.6 Å². The predicted molar refractivity (Wildman–Crippen MR) is 113 cm³/mol. The van der Waals surface area contributed by atoms with Crippen molar-refractivity contribution in [3.8, 4) is 17.1 Å². The molecule has 1 aliphatic rings. The van der Waals surface area contributed by atoms with Crippen LogP contribution in [0.25, 0.3) is 11.4 Å². The molecule has 1 unspecified atom stereocenters. The summed E-state index contributed by atoms with van der Waals surface area (Å²) < 4.78 is 16.3. The van der Waals surface area contributed by atoms with Crippen molar-refractivity contribution in [3.63, 3.8) is 0 Å². The van der Waals surface area contributed by atoms with Crippen molar-refractivity contribution in [1.29, 1.82) is 0 Å². The number of benzene rings is 1. The van der Waals surface area contributed by atoms with Crippen molar-refractivity contribution in [1.82, 2.24) is 15.0 Å². The highest BCUT2D eigenvalue weighted by atomic mass is 32.1. The maximum absolute atomic E-state index is 12.9. The molecule has 0 aliphatic carbocycles. The van der Waals surface area contributed by atoms with Gasteiger partial charge in [0, 0.05) is 36.4 Å². The summed E-state index contributed by atoms with van der Waals surface area (Å²) >= 11 is 1.66. The number of hydrogen-bond donors (Lipinski definition) is 0. The fourth-order valence-electron chi connectivity index (χ4n) is 3.47. The van der Waals surface area contributed by atoms with Crippen LogP contribution in [-0.4, -0.2) is 47.3 Å². The van der Waals surface area contributed by atoms with E-state index in [1.165, 1.54) is 4.88 Å². The summed E-state index contributed by atoms with van der Waals surface area (Å²) in [5.41, 5.74) is 0.842. The molecule has 1 fully saturated rings. The highest BCUT2D eigenvalue weighted by Crippen LogP contribution is 2.21. The summed E-state index contributed by atoms with van der Waals surface area (Å²) in [6.07, 6.45) is 2.92. The molecule has 0 radical (unpaired) electrons. The van der Waals surface area contributed by atoms with Crippen LogP contribution in [0, 0.1) is 0 Å². The molecular formula is C22H25N3O4S. The molecule has 1 amide bonds. The molecule has 1 aromatic carbocycles. The molecule has 1 atom stereocenters. The standard InChI is InChI=1S/C22H25N3O4S/c1-27-17-8-6-16(7-9-17)22-23-20(29-24-22)10-11-21(26)25(14-18-4-2-12-28-18)15-19-5-3-13-30-19/h3,5-9,13,18H,2,4,10-12,14-15H2,1H3. The minimum absolute atomic E-state index is 0.0723. The average molecular weight is 428 g/mol. The fourth-order valence-corrected chi connectivity index (χ4v) is 4.18. The number of amides is 1. The van der Waals surface area contributed by atoms with E-state index in [0.717, 1.165) is 30.8 Å². The summed E-state index contributed by atoms with van der Waals surface area (Å²) in [5.74, 6) is 1.81. The average Bonchev–Trinajstić information content (AvgIpc) is 3.54. The van der Waals surface area contributed by atoms with Gasteiger partial charge in [-0.15, -0.1) is 11.3 Å². The van der Waals surface area contributed by atoms with Gasteiger partial charge in [-0.2, -0.15) is 4.98 Å². The molecule has 2 aromatic heterocycles. The van der Waals surface area contributed by atoms with Gasteiger partial charge in [0.25, 0.3) is 0 Å². The summed E-state index contributed by atoms with van der Waals surface area (Å²) in [6.45, 7) is 2.01. The van der Waals surface area contributed by atoms with Crippen LogP contribution < -0.4 is 4.74 Å². The lowest BCUT2D eigenvalue weighted by molar-refractivity contribution is -0.133. The zero-order valence-corrected chi connectivity index (χ0v) is 17.8. The first kappa shape index (κ1) is 20.6. The van der Waals surface area contributed by atoms with E-state index in [9.17, 15) is 4.79 Å². The van der Waals surface area contributed by atoms with Gasteiger partial charge in [0.15, 0.2) is 0 Å². The minimum atomic E-state index is 0.0723. The molecule has 1 saturated heterocycles. The maximum atomic E-state index is 12.9. The van der Waals surface area contributed by atoms with Crippen molar-refractivity contribution in [2.75, 3.05) is 20.3 Å². The van der Waals surface area contributed by atoms with Gasteiger partial charge in [-0.25, -0.2) is 0 Å². The molecule has 0 bridgehead atoms. The summed E-state index contributed by atoms with van der Waals surface area (Å²) in [5, 5.41) is 6.07. The smallest absolute Gasteiger partial charge is 0.227 e. The van der Waals surface area contributed by atoms with Crippen LogP contribution in [-0.2, 0) is 22.5 Å². The van der Waals surface area contributed by atoms with Crippen LogP contribution in [0.2, 0.25) is 0 Å². The van der Waals surface area contributed by atoms with Crippen LogP contribution in [0.5, 0.6) is 5.75 Å². The van der Waals surface area contributed by atoms with Crippen molar-refractivity contribution in [2.45, 2.75) is 38.3 Å². The van der Waals surface area contributed by atoms with E-state index in [4.69, 9.17) is 14.0 Å². The van der Waals surface area contributed by atoms with E-state index < -0.39 is 0 Å². The largest absolute Gasteiger partial charge is 0.497 e. The number of ether oxygens (including phenoxy) is 2. The first-order valence-corrected chi connectivity index (χ1v) is 11.0. The summed E-state index contributed by atoms with van der Waals surface area (Å²) in [4.78, 5) is 20.4. The normalized spacial score (nSPS) is 16.0. The number of aromatic nitrogens is 2. The summed E-state index contributed by atoms with van der Waals surface area (Å²) in [7, 11) is 1.62. The quantitative estimate of drug-likeness (QED) is 0.515. The number of carbonyl (C=O) groups excluding carboxylic acids is 1. The van der Waals surface area contributed by atoms with E-state index in [0.29, 0.717) is 37.6 Å². The van der Waals surface area contributed by atoms with Crippen molar-refractivity contribution < 1.29 is 18.8 Å². The van der Waals surface area contributed by atoms with E-state index in [2.05, 4.69) is 16.2 Å². The molecule has 0 spiro atoms. The van der Waals surface area contributed by atoms with Gasteiger partial charge in [0.2, 0.25) is 17.6 Å². The third-order valence-electron chi connectivity index (χ3n) is 5.10. The molecule has 0 N–H and O–H groups in total. The number of nitrogens with zero attached hydrogens (tertiary/aromatic N) is 3. The summed E-state index contributed by atoms with van der Waals surface area (Å²) in [6, 6.07) is 11.5. The number of carbonyl (C=O) groups is 1. The molecule has 3 heterocycles. The van der Waals surface area contributed by atoms with E-state index in [-0.39, 0.29) is 12.0 Å². The Balaban J connectivity index is 1.36. The highest BCUT2D eigenvalue weighted by molar-refractivity contribution is 7.09. The molecule has 0 saturated carbocycles. The van der Waals surface area contributed by atoms with Gasteiger partial charge >= 0.3 is 0 Å². The third-order valence-corrected chi connectivity index (χ3v) is 5.96. The van der Waals surface area contributed by atoms with Crippen molar-refractivity contribution in [3.05, 3.63) is 52.5 Å². The maximum Gasteiger partial charge on any atom is 0.227 e. The lowest BCUT2D eigenvalue weighted by Crippen LogP contribution is -2.36. The number of methoxy groups -OCH3 is 1. The SMILES string of the molecule is COc1ccc(-c2noc(CCC(=O)N(Cc3cccs3)CC3CCCO3)n2)cc1. The predicted octanol–water partition coefficient (Wildman–Crippen LogP) is 3.95. The zero-order valence-electron chi connectivity index (χ0n) is 17.0. The molecule has 3 aromatic rings. The van der Waals surface area contributed by atoms with Gasteiger partial charge in [-0.05, 0) is 48.6 Å². The highest BCUT2D eigenvalue weighted by Gasteiger charge is 2.23. The van der Waals surface area contributed by atoms with Crippen LogP contribution in [0.3, 0.4) is 0 Å². The van der Waals surface area contributed by atoms with Crippen LogP contribution in [0.15, 0.2) is 46.3 Å². The van der Waals surface area contributed by atoms with Gasteiger partial charge in [-0.3, -0.25) is 4.79 Å². The molecule has 7 nitrogen and oxygen atoms in total. The van der Waals surface area contributed by atoms with Gasteiger partial charge in [-0.1, -0.05) is 11.2 Å². The Bertz CT molecular complexity index is 934. The van der Waals surface area contributed by atoms with Gasteiger partial charge in [0.1, 0.15) is 5.75 Å². The lowest BCUT2D eigenvalue weighted by Gasteiger charge is -2.25. The monoisotopic (exact) mass is 427 g/mol. The third kappa shape index (κ3) is 5.25. The lowest BCUT2D eigenvalue weighted by atomic mass is 10.2. The Labute approximate surface area is 179 Å². The molecule has 158 valence electrons. The molecule has 1 aliphatic heterocycles. The number of aryl methyl sites for hydroxylation is 1. The van der Waals surface area contributed by atoms with E-state index >= 15 is 0 Å². The van der Waals surface area contributed by atoms with Crippen LogP contribution >= 0.6 is 11.3 Å². The second kappa shape index (κ2) is 9.86. The van der Waals surface area contributed by atoms with Crippen molar-refractivity contribution in [2.24, 2.45) is 0 Å². The second-order valence-corrected chi connectivity index (χ2v) is 8.26. The Kier molecular flexibility index (Phi) is 6.76. The minimum Gasteiger partial charge on any atom is -0.497 e. The zero-order chi connectivity index (χ0) is 20.8. The molecule has 4 rings (SSSR count). The molecule has 8 heteroatoms. The van der Waals surface area contributed by atoms with Crippen LogP contribution in [0.1, 0.15) is 30.0 Å². The Morgan fingerprint density at radius 1 is 1.30 bits per heavy atom. The van der Waals surface area contributed by atoms with E-state index in [1.54, 1.807) is 18.4 Å². The Hall–Kier alpha value is -2.71. The number of thiophene rings is 1. The van der Waals surface area contributed by atoms with Gasteiger partial charge in [0.05, 0.1) is 19.8 Å². The molecule has 30 heavy (non-hydrogen) atoms. The number of rotatable bonds is 9. The fraction of sp³-hybridized carbons (Fsp3) is 0.409. The number of hydrogen-bond acceptors (Lipinski definition) is 7. The van der Waals surface area contributed by atoms with Crippen LogP contribution in [0.4, 0.5) is 0 Å². The van der Waals surface area contributed by atoms with Crippen molar-refractivity contribution >= 4 is 17.2 Å².